The average Bonchev–Trinajstić information content (AvgIpc) is 2.78. The van der Waals surface area contributed by atoms with Gasteiger partial charge in [-0.15, -0.1) is 0 Å². The summed E-state index contributed by atoms with van der Waals surface area (Å²) >= 11 is 6.02. The second-order valence-corrected chi connectivity index (χ2v) is 9.77. The monoisotopic (exact) mass is 486 g/mol. The Labute approximate surface area is 198 Å². The van der Waals surface area contributed by atoms with Gasteiger partial charge < -0.3 is 10.1 Å². The number of carbonyl (C=O) groups is 2. The van der Waals surface area contributed by atoms with Crippen molar-refractivity contribution in [1.29, 1.82) is 0 Å². The maximum absolute atomic E-state index is 12.7. The van der Waals surface area contributed by atoms with Gasteiger partial charge >= 0.3 is 5.97 Å². The van der Waals surface area contributed by atoms with Gasteiger partial charge in [0.25, 0.3) is 5.91 Å². The quantitative estimate of drug-likeness (QED) is 0.490. The van der Waals surface area contributed by atoms with Gasteiger partial charge in [0.1, 0.15) is 0 Å². The van der Waals surface area contributed by atoms with E-state index in [1.165, 1.54) is 11.4 Å². The number of amides is 1. The molecule has 0 fully saturated rings. The van der Waals surface area contributed by atoms with Crippen LogP contribution in [0, 0.1) is 6.92 Å². The lowest BCUT2D eigenvalue weighted by atomic mass is 10.1. The predicted octanol–water partition coefficient (Wildman–Crippen LogP) is 4.65. The smallest absolute Gasteiger partial charge is 0.337 e. The van der Waals surface area contributed by atoms with Crippen LogP contribution in [-0.2, 0) is 21.3 Å². The van der Waals surface area contributed by atoms with Crippen LogP contribution in [0.1, 0.15) is 31.8 Å². The molecule has 0 unspecified atom stereocenters. The van der Waals surface area contributed by atoms with E-state index in [0.717, 1.165) is 11.8 Å². The third-order valence-corrected chi connectivity index (χ3v) is 6.32. The van der Waals surface area contributed by atoms with Gasteiger partial charge in [-0.05, 0) is 60.5 Å². The van der Waals surface area contributed by atoms with E-state index >= 15 is 0 Å². The van der Waals surface area contributed by atoms with E-state index in [-0.39, 0.29) is 12.5 Å². The maximum Gasteiger partial charge on any atom is 0.337 e. The van der Waals surface area contributed by atoms with E-state index in [0.29, 0.717) is 33.1 Å². The van der Waals surface area contributed by atoms with E-state index in [1.54, 1.807) is 66.7 Å². The van der Waals surface area contributed by atoms with E-state index < -0.39 is 16.0 Å². The number of nitrogens with one attached hydrogen (secondary N) is 1. The van der Waals surface area contributed by atoms with Crippen molar-refractivity contribution >= 4 is 44.9 Å². The molecule has 0 aromatic heterocycles. The van der Waals surface area contributed by atoms with Gasteiger partial charge in [-0.1, -0.05) is 35.9 Å². The summed E-state index contributed by atoms with van der Waals surface area (Å²) in [7, 11) is -2.27. The molecule has 1 N–H and O–H groups in total. The van der Waals surface area contributed by atoms with E-state index in [4.69, 9.17) is 16.3 Å². The zero-order chi connectivity index (χ0) is 24.2. The van der Waals surface area contributed by atoms with Crippen molar-refractivity contribution in [3.05, 3.63) is 94.0 Å². The molecule has 3 aromatic rings. The lowest BCUT2D eigenvalue weighted by molar-refractivity contribution is 0.0600. The Balaban J connectivity index is 1.78. The van der Waals surface area contributed by atoms with Crippen LogP contribution < -0.4 is 9.62 Å². The molecule has 0 bridgehead atoms. The summed E-state index contributed by atoms with van der Waals surface area (Å²) in [4.78, 5) is 24.5. The Morgan fingerprint density at radius 3 is 2.27 bits per heavy atom. The number of ether oxygens (including phenoxy) is 1. The zero-order valence-electron chi connectivity index (χ0n) is 18.3. The highest BCUT2D eigenvalue weighted by Gasteiger charge is 2.19. The van der Waals surface area contributed by atoms with Gasteiger partial charge in [0.05, 0.1) is 31.2 Å². The molecule has 0 aliphatic heterocycles. The summed E-state index contributed by atoms with van der Waals surface area (Å²) in [5.41, 5.74) is 3.15. The van der Waals surface area contributed by atoms with Crippen LogP contribution in [0.2, 0.25) is 5.02 Å². The molecule has 0 aliphatic carbocycles. The van der Waals surface area contributed by atoms with Gasteiger partial charge in [-0.2, -0.15) is 0 Å². The molecule has 0 saturated heterocycles. The average molecular weight is 487 g/mol. The first kappa shape index (κ1) is 24.3. The number of aryl methyl sites for hydroxylation is 1. The van der Waals surface area contributed by atoms with Gasteiger partial charge in [-0.3, -0.25) is 9.10 Å². The van der Waals surface area contributed by atoms with Gasteiger partial charge in [-0.25, -0.2) is 13.2 Å². The molecule has 0 saturated carbocycles. The van der Waals surface area contributed by atoms with Crippen molar-refractivity contribution in [1.82, 2.24) is 0 Å². The van der Waals surface area contributed by atoms with Gasteiger partial charge in [0.15, 0.2) is 0 Å². The van der Waals surface area contributed by atoms with Crippen molar-refractivity contribution in [3.8, 4) is 0 Å². The van der Waals surface area contributed by atoms with Gasteiger partial charge in [0, 0.05) is 16.3 Å². The minimum atomic E-state index is -3.56. The van der Waals surface area contributed by atoms with Crippen LogP contribution >= 0.6 is 11.6 Å². The lowest BCUT2D eigenvalue weighted by Crippen LogP contribution is -2.29. The molecule has 0 atom stereocenters. The normalized spacial score (nSPS) is 11.0. The number of nitrogens with zero attached hydrogens (tertiary/aromatic N) is 1. The van der Waals surface area contributed by atoms with Crippen LogP contribution in [0.3, 0.4) is 0 Å². The Bertz CT molecular complexity index is 1290. The van der Waals surface area contributed by atoms with Gasteiger partial charge in [0.2, 0.25) is 10.0 Å². The summed E-state index contributed by atoms with van der Waals surface area (Å²) in [5.74, 6) is -0.855. The number of rotatable bonds is 7. The third kappa shape index (κ3) is 6.12. The molecule has 0 radical (unpaired) electrons. The number of anilines is 2. The topological polar surface area (TPSA) is 92.8 Å². The molecular formula is C24H23ClN2O5S. The molecule has 0 spiro atoms. The van der Waals surface area contributed by atoms with E-state index in [1.807, 2.05) is 6.92 Å². The molecule has 3 rings (SSSR count). The Kier molecular flexibility index (Phi) is 7.40. The van der Waals surface area contributed by atoms with Crippen molar-refractivity contribution in [2.75, 3.05) is 23.0 Å². The fourth-order valence-electron chi connectivity index (χ4n) is 3.15. The molecule has 3 aromatic carbocycles. The highest BCUT2D eigenvalue weighted by Crippen LogP contribution is 2.24. The lowest BCUT2D eigenvalue weighted by Gasteiger charge is -2.22. The van der Waals surface area contributed by atoms with Crippen LogP contribution in [0.25, 0.3) is 0 Å². The number of carbonyl (C=O) groups excluding carboxylic acids is 2. The third-order valence-electron chi connectivity index (χ3n) is 4.95. The molecular weight excluding hydrogens is 464 g/mol. The molecule has 0 aliphatic rings. The SMILES string of the molecule is COC(=O)c1ccc(C)c(NC(=O)c2ccc(CN(c3cccc(Cl)c3)S(C)(=O)=O)cc2)c1. The highest BCUT2D eigenvalue weighted by molar-refractivity contribution is 7.92. The number of hydrogen-bond donors (Lipinski definition) is 1. The van der Waals surface area contributed by atoms with Crippen LogP contribution in [0.4, 0.5) is 11.4 Å². The predicted molar refractivity (Wildman–Crippen MR) is 129 cm³/mol. The number of hydrogen-bond acceptors (Lipinski definition) is 5. The maximum atomic E-state index is 12.7. The Hall–Kier alpha value is -3.36. The van der Waals surface area contributed by atoms with E-state index in [2.05, 4.69) is 5.32 Å². The first-order valence-corrected chi connectivity index (χ1v) is 12.1. The number of esters is 1. The minimum absolute atomic E-state index is 0.0847. The number of sulfonamides is 1. The largest absolute Gasteiger partial charge is 0.465 e. The van der Waals surface area contributed by atoms with Crippen molar-refractivity contribution < 1.29 is 22.7 Å². The Morgan fingerprint density at radius 1 is 1.00 bits per heavy atom. The van der Waals surface area contributed by atoms with Crippen LogP contribution in [0.5, 0.6) is 0 Å². The van der Waals surface area contributed by atoms with Crippen molar-refractivity contribution in [3.63, 3.8) is 0 Å². The minimum Gasteiger partial charge on any atom is -0.465 e. The number of halogens is 1. The fourth-order valence-corrected chi connectivity index (χ4v) is 4.22. The summed E-state index contributed by atoms with van der Waals surface area (Å²) in [6, 6.07) is 18.1. The molecule has 7 nitrogen and oxygen atoms in total. The Morgan fingerprint density at radius 2 is 1.67 bits per heavy atom. The molecule has 0 heterocycles. The van der Waals surface area contributed by atoms with E-state index in [9.17, 15) is 18.0 Å². The number of methoxy groups -OCH3 is 1. The zero-order valence-corrected chi connectivity index (χ0v) is 19.9. The molecule has 1 amide bonds. The second-order valence-electron chi connectivity index (χ2n) is 7.42. The standard InChI is InChI=1S/C24H23ClN2O5S/c1-16-7-10-19(24(29)32-2)13-22(16)26-23(28)18-11-8-17(9-12-18)15-27(33(3,30)31)21-6-4-5-20(25)14-21/h4-14H,15H2,1-3H3,(H,26,28). The number of benzene rings is 3. The first-order valence-electron chi connectivity index (χ1n) is 9.91. The fraction of sp³-hybridized carbons (Fsp3) is 0.167. The molecule has 172 valence electrons. The first-order chi connectivity index (χ1) is 15.6. The van der Waals surface area contributed by atoms with Crippen LogP contribution in [0.15, 0.2) is 66.7 Å². The van der Waals surface area contributed by atoms with Crippen molar-refractivity contribution in [2.24, 2.45) is 0 Å². The highest BCUT2D eigenvalue weighted by atomic mass is 35.5. The molecule has 33 heavy (non-hydrogen) atoms. The van der Waals surface area contributed by atoms with Crippen molar-refractivity contribution in [2.45, 2.75) is 13.5 Å². The van der Waals surface area contributed by atoms with Crippen LogP contribution in [-0.4, -0.2) is 33.7 Å². The summed E-state index contributed by atoms with van der Waals surface area (Å²) in [6.45, 7) is 1.90. The summed E-state index contributed by atoms with van der Waals surface area (Å²) < 4.78 is 30.6. The summed E-state index contributed by atoms with van der Waals surface area (Å²) in [5, 5.41) is 3.23. The summed E-state index contributed by atoms with van der Waals surface area (Å²) in [6.07, 6.45) is 1.13. The second kappa shape index (κ2) is 10.1. The molecule has 9 heteroatoms.